The van der Waals surface area contributed by atoms with E-state index in [4.69, 9.17) is 9.47 Å². The molecule has 10 nitrogen and oxygen atoms in total. The number of nitrogens with one attached hydrogen (secondary N) is 1. The number of nitrogens with zero attached hydrogens (tertiary/aromatic N) is 1. The molecule has 0 saturated carbocycles. The molecule has 210 valence electrons. The van der Waals surface area contributed by atoms with Gasteiger partial charge in [-0.3, -0.25) is 0 Å². The highest BCUT2D eigenvalue weighted by Gasteiger charge is 2.34. The van der Waals surface area contributed by atoms with Gasteiger partial charge in [0.15, 0.2) is 9.84 Å². The Morgan fingerprint density at radius 2 is 1.76 bits per heavy atom. The lowest BCUT2D eigenvalue weighted by Gasteiger charge is -2.30. The average molecular weight is 569 g/mol. The van der Waals surface area contributed by atoms with E-state index in [9.17, 15) is 26.7 Å². The Bertz CT molecular complexity index is 1270. The molecule has 0 aromatic heterocycles. The second kappa shape index (κ2) is 12.9. The zero-order valence-electron chi connectivity index (χ0n) is 21.8. The maximum absolute atomic E-state index is 13.5. The van der Waals surface area contributed by atoms with E-state index in [2.05, 4.69) is 5.32 Å². The van der Waals surface area contributed by atoms with Crippen molar-refractivity contribution in [2.24, 2.45) is 5.92 Å². The van der Waals surface area contributed by atoms with E-state index in [1.165, 1.54) is 23.5 Å². The van der Waals surface area contributed by atoms with E-state index < -0.39 is 44.2 Å². The number of aliphatic hydroxyl groups excluding tert-OH is 1. The smallest absolute Gasteiger partial charge is 0.407 e. The molecule has 1 aliphatic heterocycles. The first-order chi connectivity index (χ1) is 17.9. The number of sulfonamides is 1. The van der Waals surface area contributed by atoms with E-state index >= 15 is 0 Å². The van der Waals surface area contributed by atoms with Gasteiger partial charge in [-0.2, -0.15) is 4.31 Å². The number of benzene rings is 2. The average Bonchev–Trinajstić information content (AvgIpc) is 3.21. The first kappa shape index (κ1) is 29.9. The molecule has 1 aliphatic rings. The lowest BCUT2D eigenvalue weighted by atomic mass is 10.0. The summed E-state index contributed by atoms with van der Waals surface area (Å²) >= 11 is 0. The summed E-state index contributed by atoms with van der Waals surface area (Å²) in [6, 6.07) is 14.2. The molecule has 2 N–H and O–H groups in total. The summed E-state index contributed by atoms with van der Waals surface area (Å²) in [5.74, 6) is 0.188. The summed E-state index contributed by atoms with van der Waals surface area (Å²) < 4.78 is 62.1. The van der Waals surface area contributed by atoms with Crippen molar-refractivity contribution >= 4 is 26.0 Å². The van der Waals surface area contributed by atoms with Gasteiger partial charge in [-0.25, -0.2) is 21.6 Å². The third-order valence-corrected chi connectivity index (χ3v) is 9.77. The van der Waals surface area contributed by atoms with E-state index in [0.717, 1.165) is 5.56 Å². The second-order valence-corrected chi connectivity index (χ2v) is 14.0. The van der Waals surface area contributed by atoms with Gasteiger partial charge in [0.2, 0.25) is 10.0 Å². The Morgan fingerprint density at radius 1 is 1.11 bits per heavy atom. The number of methoxy groups -OCH3 is 1. The van der Waals surface area contributed by atoms with Gasteiger partial charge in [0.05, 0.1) is 35.7 Å². The summed E-state index contributed by atoms with van der Waals surface area (Å²) in [5.41, 5.74) is 0.814. The topological polar surface area (TPSA) is 139 Å². The summed E-state index contributed by atoms with van der Waals surface area (Å²) in [7, 11) is -5.73. The molecule has 1 amide bonds. The maximum Gasteiger partial charge on any atom is 0.407 e. The number of sulfone groups is 1. The van der Waals surface area contributed by atoms with Crippen LogP contribution in [-0.2, 0) is 31.0 Å². The standard InChI is InChI=1S/C26H36N2O8S2/c1-19(2)16-28(38(33,34)23-11-9-21(35-3)10-12-23)17-25(29)24(15-20-7-5-4-6-8-20)27-26(30)36-22-13-14-37(31,32)18-22/h4-12,19,22,24-25,29H,13-18H2,1-3H3,(H,27,30)/t22?,24-,25?/m0/s1. The highest BCUT2D eigenvalue weighted by molar-refractivity contribution is 7.91. The van der Waals surface area contributed by atoms with Gasteiger partial charge in [-0.1, -0.05) is 44.2 Å². The monoisotopic (exact) mass is 568 g/mol. The van der Waals surface area contributed by atoms with Gasteiger partial charge in [0, 0.05) is 13.1 Å². The van der Waals surface area contributed by atoms with Crippen LogP contribution in [0.25, 0.3) is 0 Å². The number of amides is 1. The molecular formula is C26H36N2O8S2. The largest absolute Gasteiger partial charge is 0.497 e. The summed E-state index contributed by atoms with van der Waals surface area (Å²) in [6.45, 7) is 3.61. The predicted octanol–water partition coefficient (Wildman–Crippen LogP) is 2.23. The van der Waals surface area contributed by atoms with Crippen LogP contribution in [0.5, 0.6) is 5.75 Å². The van der Waals surface area contributed by atoms with Gasteiger partial charge in [0.1, 0.15) is 11.9 Å². The van der Waals surface area contributed by atoms with Crippen molar-refractivity contribution < 1.29 is 36.2 Å². The van der Waals surface area contributed by atoms with Crippen LogP contribution in [-0.4, -0.2) is 82.3 Å². The molecule has 1 saturated heterocycles. The van der Waals surface area contributed by atoms with Gasteiger partial charge in [-0.05, 0) is 48.6 Å². The molecule has 2 aromatic carbocycles. The highest BCUT2D eigenvalue weighted by atomic mass is 32.2. The maximum atomic E-state index is 13.5. The van der Waals surface area contributed by atoms with Crippen LogP contribution in [0.2, 0.25) is 0 Å². The van der Waals surface area contributed by atoms with E-state index in [-0.39, 0.29) is 48.3 Å². The quantitative estimate of drug-likeness (QED) is 0.397. The Morgan fingerprint density at radius 3 is 2.32 bits per heavy atom. The van der Waals surface area contributed by atoms with Crippen molar-refractivity contribution in [3.05, 3.63) is 60.2 Å². The Kier molecular flexibility index (Phi) is 10.2. The lowest BCUT2D eigenvalue weighted by molar-refractivity contribution is 0.0768. The molecule has 2 unspecified atom stereocenters. The molecule has 1 fully saturated rings. The van der Waals surface area contributed by atoms with Gasteiger partial charge < -0.3 is 19.9 Å². The van der Waals surface area contributed by atoms with Crippen LogP contribution in [0.1, 0.15) is 25.8 Å². The van der Waals surface area contributed by atoms with E-state index in [0.29, 0.717) is 5.75 Å². The second-order valence-electron chi connectivity index (χ2n) is 9.83. The number of alkyl carbamates (subject to hydrolysis) is 1. The normalized spacial score (nSPS) is 18.7. The molecule has 12 heteroatoms. The van der Waals surface area contributed by atoms with E-state index in [1.807, 2.05) is 44.2 Å². The summed E-state index contributed by atoms with van der Waals surface area (Å²) in [6.07, 6.45) is -2.49. The third-order valence-electron chi connectivity index (χ3n) is 6.19. The van der Waals surface area contributed by atoms with Crippen LogP contribution in [0.3, 0.4) is 0 Å². The van der Waals surface area contributed by atoms with Crippen molar-refractivity contribution in [2.75, 3.05) is 31.7 Å². The van der Waals surface area contributed by atoms with Crippen molar-refractivity contribution in [3.63, 3.8) is 0 Å². The zero-order valence-corrected chi connectivity index (χ0v) is 23.4. The summed E-state index contributed by atoms with van der Waals surface area (Å²) in [5, 5.41) is 13.9. The Hall–Kier alpha value is -2.67. The molecule has 3 atom stereocenters. The first-order valence-corrected chi connectivity index (χ1v) is 15.7. The minimum atomic E-state index is -3.98. The van der Waals surface area contributed by atoms with Gasteiger partial charge in [-0.15, -0.1) is 0 Å². The van der Waals surface area contributed by atoms with Crippen molar-refractivity contribution in [2.45, 2.75) is 49.8 Å². The number of hydrogen-bond acceptors (Lipinski definition) is 8. The molecule has 0 radical (unpaired) electrons. The number of ether oxygens (including phenoxy) is 2. The SMILES string of the molecule is COc1ccc(S(=O)(=O)N(CC(C)C)CC(O)[C@H](Cc2ccccc2)NC(=O)OC2CCS(=O)(=O)C2)cc1. The van der Waals surface area contributed by atoms with E-state index in [1.54, 1.807) is 12.1 Å². The summed E-state index contributed by atoms with van der Waals surface area (Å²) in [4.78, 5) is 12.7. The minimum absolute atomic E-state index is 0.0370. The number of hydrogen-bond donors (Lipinski definition) is 2. The third kappa shape index (κ3) is 8.42. The molecule has 0 aliphatic carbocycles. The molecule has 3 rings (SSSR count). The predicted molar refractivity (Wildman–Crippen MR) is 143 cm³/mol. The Labute approximate surface area is 224 Å². The van der Waals surface area contributed by atoms with Crippen LogP contribution in [0.15, 0.2) is 59.5 Å². The molecule has 1 heterocycles. The first-order valence-electron chi connectivity index (χ1n) is 12.4. The van der Waals surface area contributed by atoms with Gasteiger partial charge in [0.25, 0.3) is 0 Å². The number of carbonyl (C=O) groups excluding carboxylic acids is 1. The minimum Gasteiger partial charge on any atom is -0.497 e. The lowest BCUT2D eigenvalue weighted by Crippen LogP contribution is -2.51. The number of carbonyl (C=O) groups is 1. The Balaban J connectivity index is 1.80. The van der Waals surface area contributed by atoms with Crippen LogP contribution in [0.4, 0.5) is 4.79 Å². The zero-order chi connectivity index (χ0) is 27.9. The fraction of sp³-hybridized carbons (Fsp3) is 0.500. The van der Waals surface area contributed by atoms with Crippen molar-refractivity contribution in [1.82, 2.24) is 9.62 Å². The highest BCUT2D eigenvalue weighted by Crippen LogP contribution is 2.22. The molecule has 2 aromatic rings. The molecule has 0 spiro atoms. The van der Waals surface area contributed by atoms with Crippen LogP contribution < -0.4 is 10.1 Å². The van der Waals surface area contributed by atoms with Crippen molar-refractivity contribution in [3.8, 4) is 5.75 Å². The van der Waals surface area contributed by atoms with Crippen LogP contribution in [0, 0.1) is 5.92 Å². The molecule has 38 heavy (non-hydrogen) atoms. The fourth-order valence-corrected chi connectivity index (χ4v) is 7.46. The fourth-order valence-electron chi connectivity index (χ4n) is 4.25. The molecule has 0 bridgehead atoms. The van der Waals surface area contributed by atoms with Crippen LogP contribution >= 0.6 is 0 Å². The molecular weight excluding hydrogens is 532 g/mol. The van der Waals surface area contributed by atoms with Crippen molar-refractivity contribution in [1.29, 1.82) is 0 Å². The number of aliphatic hydroxyl groups is 1. The number of rotatable bonds is 12. The van der Waals surface area contributed by atoms with Gasteiger partial charge >= 0.3 is 6.09 Å².